The number of hydrogen-bond donors (Lipinski definition) is 1. The highest BCUT2D eigenvalue weighted by Crippen LogP contribution is 2.34. The van der Waals surface area contributed by atoms with E-state index in [9.17, 15) is 18.0 Å². The fraction of sp³-hybridized carbons (Fsp3) is 0.286. The lowest BCUT2D eigenvalue weighted by Gasteiger charge is -2.33. The number of nitrogens with one attached hydrogen (secondary N) is 1. The Morgan fingerprint density at radius 3 is 2.53 bits per heavy atom. The third-order valence-corrected chi connectivity index (χ3v) is 6.64. The van der Waals surface area contributed by atoms with Gasteiger partial charge in [0, 0.05) is 50.8 Å². The van der Waals surface area contributed by atoms with E-state index in [0.717, 1.165) is 36.1 Å². The summed E-state index contributed by atoms with van der Waals surface area (Å²) in [5, 5.41) is 2.52. The summed E-state index contributed by atoms with van der Waals surface area (Å²) in [4.78, 5) is 20.9. The number of rotatable bonds is 7. The van der Waals surface area contributed by atoms with Crippen LogP contribution in [0.15, 0.2) is 73.1 Å². The number of fused-ring (bicyclic) bond motifs is 1. The molecule has 10 heteroatoms. The minimum atomic E-state index is -4.53. The maximum Gasteiger partial charge on any atom is 0.416 e. The van der Waals surface area contributed by atoms with Gasteiger partial charge in [-0.3, -0.25) is 14.1 Å². The average molecular weight is 524 g/mol. The van der Waals surface area contributed by atoms with E-state index in [-0.39, 0.29) is 24.4 Å². The third kappa shape index (κ3) is 5.98. The zero-order valence-corrected chi connectivity index (χ0v) is 20.9. The molecule has 0 radical (unpaired) electrons. The molecule has 3 heterocycles. The van der Waals surface area contributed by atoms with Gasteiger partial charge in [-0.2, -0.15) is 13.2 Å². The van der Waals surface area contributed by atoms with E-state index >= 15 is 0 Å². The van der Waals surface area contributed by atoms with Gasteiger partial charge in [-0.1, -0.05) is 12.1 Å². The number of hydrogen-bond acceptors (Lipinski definition) is 5. The van der Waals surface area contributed by atoms with E-state index in [1.54, 1.807) is 18.3 Å². The first-order chi connectivity index (χ1) is 18.3. The summed E-state index contributed by atoms with van der Waals surface area (Å²) in [6.07, 6.45) is -0.918. The van der Waals surface area contributed by atoms with Crippen LogP contribution < -0.4 is 10.1 Å². The zero-order valence-electron chi connectivity index (χ0n) is 20.9. The van der Waals surface area contributed by atoms with E-state index in [2.05, 4.69) is 15.2 Å². The van der Waals surface area contributed by atoms with Crippen molar-refractivity contribution in [2.45, 2.75) is 12.7 Å². The monoisotopic (exact) mass is 523 g/mol. The molecule has 38 heavy (non-hydrogen) atoms. The number of carbonyl (C=O) groups is 1. The van der Waals surface area contributed by atoms with Crippen LogP contribution >= 0.6 is 0 Å². The highest BCUT2D eigenvalue weighted by Gasteiger charge is 2.34. The van der Waals surface area contributed by atoms with Gasteiger partial charge in [-0.15, -0.1) is 0 Å². The van der Waals surface area contributed by atoms with Crippen LogP contribution in [0.5, 0.6) is 5.75 Å². The molecule has 5 rings (SSSR count). The Hall–Kier alpha value is -3.89. The zero-order chi connectivity index (χ0) is 26.7. The largest absolute Gasteiger partial charge is 0.484 e. The Kier molecular flexibility index (Phi) is 7.35. The van der Waals surface area contributed by atoms with Crippen LogP contribution in [0.4, 0.5) is 18.9 Å². The van der Waals surface area contributed by atoms with Gasteiger partial charge in [-0.25, -0.2) is 4.98 Å². The summed E-state index contributed by atoms with van der Waals surface area (Å²) in [5.74, 6) is -0.0718. The number of halogens is 3. The molecule has 0 bridgehead atoms. The topological polar surface area (TPSA) is 62.1 Å². The van der Waals surface area contributed by atoms with Crippen molar-refractivity contribution in [2.24, 2.45) is 0 Å². The number of ether oxygens (including phenoxy) is 1. The molecule has 2 aromatic heterocycles. The number of nitrogens with zero attached hydrogens (tertiary/aromatic N) is 4. The first kappa shape index (κ1) is 25.7. The maximum absolute atomic E-state index is 13.8. The molecular weight excluding hydrogens is 495 g/mol. The van der Waals surface area contributed by atoms with Crippen molar-refractivity contribution in [1.29, 1.82) is 0 Å². The summed E-state index contributed by atoms with van der Waals surface area (Å²) in [6.45, 7) is 2.94. The van der Waals surface area contributed by atoms with Crippen molar-refractivity contribution >= 4 is 17.2 Å². The number of amides is 1. The highest BCUT2D eigenvalue weighted by molar-refractivity contribution is 5.92. The van der Waals surface area contributed by atoms with Crippen molar-refractivity contribution in [3.8, 4) is 17.0 Å². The second kappa shape index (κ2) is 10.8. The number of benzene rings is 2. The van der Waals surface area contributed by atoms with Gasteiger partial charge in [0.1, 0.15) is 11.4 Å². The molecule has 1 N–H and O–H groups in total. The first-order valence-electron chi connectivity index (χ1n) is 12.3. The van der Waals surface area contributed by atoms with E-state index in [1.807, 2.05) is 52.9 Å². The van der Waals surface area contributed by atoms with Gasteiger partial charge < -0.3 is 15.0 Å². The predicted molar refractivity (Wildman–Crippen MR) is 139 cm³/mol. The van der Waals surface area contributed by atoms with Crippen LogP contribution in [0.3, 0.4) is 0 Å². The van der Waals surface area contributed by atoms with Crippen molar-refractivity contribution < 1.29 is 22.7 Å². The SMILES string of the molecule is CN1CCN(Cc2ccc(NC(=O)COc3ccc(-c4cccc5nccn45)cc3)cc2C(F)(F)F)CC1. The van der Waals surface area contributed by atoms with E-state index in [1.165, 1.54) is 12.1 Å². The minimum absolute atomic E-state index is 0.0804. The molecule has 1 aliphatic rings. The lowest BCUT2D eigenvalue weighted by Crippen LogP contribution is -2.44. The Bertz CT molecular complexity index is 1410. The summed E-state index contributed by atoms with van der Waals surface area (Å²) in [6, 6.07) is 17.0. The number of pyridine rings is 1. The van der Waals surface area contributed by atoms with Crippen LogP contribution in [0, 0.1) is 0 Å². The summed E-state index contributed by atoms with van der Waals surface area (Å²) < 4.78 is 49.0. The Morgan fingerprint density at radius 1 is 1.03 bits per heavy atom. The number of alkyl halides is 3. The molecule has 1 aliphatic heterocycles. The lowest BCUT2D eigenvalue weighted by atomic mass is 10.0. The summed E-state index contributed by atoms with van der Waals surface area (Å²) >= 11 is 0. The van der Waals surface area contributed by atoms with Gasteiger partial charge >= 0.3 is 6.18 Å². The number of imidazole rings is 1. The Labute approximate surface area is 218 Å². The van der Waals surface area contributed by atoms with Gasteiger partial charge in [0.2, 0.25) is 0 Å². The van der Waals surface area contributed by atoms with Gasteiger partial charge in [0.05, 0.1) is 11.3 Å². The third-order valence-electron chi connectivity index (χ3n) is 6.64. The standard InChI is InChI=1S/C28H28F3N5O2/c1-34-13-15-35(16-14-34)18-21-5-8-22(17-24(21)28(29,30)31)33-27(37)19-38-23-9-6-20(7-10-23)25-3-2-4-26-32-11-12-36(25)26/h2-12,17H,13-16,18-19H2,1H3,(H,33,37). The minimum Gasteiger partial charge on any atom is -0.484 e. The normalized spacial score (nSPS) is 15.1. The average Bonchev–Trinajstić information content (AvgIpc) is 3.39. The molecule has 0 spiro atoms. The fourth-order valence-corrected chi connectivity index (χ4v) is 4.55. The molecule has 2 aromatic carbocycles. The van der Waals surface area contributed by atoms with Crippen molar-refractivity contribution in [3.63, 3.8) is 0 Å². The lowest BCUT2D eigenvalue weighted by molar-refractivity contribution is -0.138. The number of likely N-dealkylation sites (N-methyl/N-ethyl adjacent to an activating group) is 1. The molecular formula is C28H28F3N5O2. The number of piperazine rings is 1. The molecule has 0 saturated carbocycles. The predicted octanol–water partition coefficient (Wildman–Crippen LogP) is 4.79. The quantitative estimate of drug-likeness (QED) is 0.378. The maximum atomic E-state index is 13.8. The molecule has 4 aromatic rings. The fourth-order valence-electron chi connectivity index (χ4n) is 4.55. The molecule has 0 atom stereocenters. The van der Waals surface area contributed by atoms with Crippen molar-refractivity contribution in [3.05, 3.63) is 84.2 Å². The highest BCUT2D eigenvalue weighted by atomic mass is 19.4. The molecule has 7 nitrogen and oxygen atoms in total. The second-order valence-corrected chi connectivity index (χ2v) is 9.38. The molecule has 0 aliphatic carbocycles. The number of carbonyl (C=O) groups excluding carboxylic acids is 1. The Morgan fingerprint density at radius 2 is 1.79 bits per heavy atom. The van der Waals surface area contributed by atoms with E-state index in [4.69, 9.17) is 4.74 Å². The van der Waals surface area contributed by atoms with Crippen LogP contribution in [0.1, 0.15) is 11.1 Å². The van der Waals surface area contributed by atoms with Crippen LogP contribution in [0.2, 0.25) is 0 Å². The molecule has 1 amide bonds. The van der Waals surface area contributed by atoms with Gasteiger partial charge in [0.25, 0.3) is 5.91 Å². The van der Waals surface area contributed by atoms with Gasteiger partial charge in [0.15, 0.2) is 6.61 Å². The Balaban J connectivity index is 1.20. The van der Waals surface area contributed by atoms with Crippen LogP contribution in [0.25, 0.3) is 16.9 Å². The smallest absolute Gasteiger partial charge is 0.416 e. The number of aromatic nitrogens is 2. The number of anilines is 1. The van der Waals surface area contributed by atoms with Crippen LogP contribution in [-0.2, 0) is 17.5 Å². The van der Waals surface area contributed by atoms with E-state index in [0.29, 0.717) is 18.8 Å². The summed E-state index contributed by atoms with van der Waals surface area (Å²) in [5.41, 5.74) is 2.28. The first-order valence-corrected chi connectivity index (χ1v) is 12.3. The molecule has 1 saturated heterocycles. The second-order valence-electron chi connectivity index (χ2n) is 9.38. The molecule has 198 valence electrons. The molecule has 1 fully saturated rings. The van der Waals surface area contributed by atoms with Crippen LogP contribution in [-0.4, -0.2) is 64.9 Å². The molecule has 0 unspecified atom stereocenters. The van der Waals surface area contributed by atoms with Crippen molar-refractivity contribution in [1.82, 2.24) is 19.2 Å². The summed E-state index contributed by atoms with van der Waals surface area (Å²) in [7, 11) is 2.00. The van der Waals surface area contributed by atoms with Gasteiger partial charge in [-0.05, 0) is 66.7 Å². The van der Waals surface area contributed by atoms with Crippen molar-refractivity contribution in [2.75, 3.05) is 45.2 Å². The van der Waals surface area contributed by atoms with E-state index < -0.39 is 17.6 Å².